The van der Waals surface area contributed by atoms with Crippen LogP contribution in [0.1, 0.15) is 24.8 Å². The van der Waals surface area contributed by atoms with Crippen molar-refractivity contribution in [3.8, 4) is 0 Å². The molecule has 0 fully saturated rings. The molecule has 4 aromatic carbocycles. The quantitative estimate of drug-likeness (QED) is 0.201. The van der Waals surface area contributed by atoms with E-state index >= 15 is 0 Å². The van der Waals surface area contributed by atoms with Gasteiger partial charge in [0.2, 0.25) is 15.9 Å². The molecule has 0 saturated carbocycles. The number of para-hydroxylation sites is 1. The average molecular weight is 545 g/mol. The monoisotopic (exact) mass is 544 g/mol. The predicted molar refractivity (Wildman–Crippen MR) is 150 cm³/mol. The maximum Gasteiger partial charge on any atom is 0.321 e. The van der Waals surface area contributed by atoms with E-state index in [9.17, 15) is 23.1 Å². The van der Waals surface area contributed by atoms with Crippen LogP contribution in [-0.2, 0) is 26.0 Å². The summed E-state index contributed by atoms with van der Waals surface area (Å²) in [6.07, 6.45) is 1.26. The van der Waals surface area contributed by atoms with Crippen molar-refractivity contribution >= 4 is 54.6 Å². The lowest BCUT2D eigenvalue weighted by molar-refractivity contribution is -0.139. The van der Waals surface area contributed by atoms with E-state index in [1.54, 1.807) is 12.1 Å². The number of amides is 1. The van der Waals surface area contributed by atoms with Gasteiger partial charge in [0, 0.05) is 17.3 Å². The van der Waals surface area contributed by atoms with Crippen LogP contribution in [-0.4, -0.2) is 38.0 Å². The van der Waals surface area contributed by atoms with Gasteiger partial charge < -0.3 is 14.8 Å². The SMILES string of the molecule is O=C(Cc1cccc2ccccc12)NCCCCC(NS(=O)(=O)c1ccc2oc3ccccc3c2c1)C(=O)O. The summed E-state index contributed by atoms with van der Waals surface area (Å²) in [5, 5.41) is 16.0. The van der Waals surface area contributed by atoms with Crippen molar-refractivity contribution < 1.29 is 27.5 Å². The molecule has 1 atom stereocenters. The first-order valence-electron chi connectivity index (χ1n) is 12.7. The van der Waals surface area contributed by atoms with Crippen molar-refractivity contribution in [1.82, 2.24) is 10.0 Å². The van der Waals surface area contributed by atoms with E-state index in [0.29, 0.717) is 35.9 Å². The third-order valence-electron chi connectivity index (χ3n) is 6.73. The zero-order valence-corrected chi connectivity index (χ0v) is 21.9. The Morgan fingerprint density at radius 2 is 1.54 bits per heavy atom. The number of furan rings is 1. The molecule has 0 aliphatic carbocycles. The van der Waals surface area contributed by atoms with Gasteiger partial charge in [-0.1, -0.05) is 60.7 Å². The van der Waals surface area contributed by atoms with Crippen molar-refractivity contribution in [3.05, 3.63) is 90.5 Å². The lowest BCUT2D eigenvalue weighted by atomic mass is 10.0. The smallest absolute Gasteiger partial charge is 0.321 e. The van der Waals surface area contributed by atoms with Crippen molar-refractivity contribution in [1.29, 1.82) is 0 Å². The molecule has 0 spiro atoms. The van der Waals surface area contributed by atoms with Gasteiger partial charge in [0.05, 0.1) is 11.3 Å². The molecule has 5 rings (SSSR count). The Morgan fingerprint density at radius 3 is 2.36 bits per heavy atom. The normalized spacial score (nSPS) is 12.6. The number of fused-ring (bicyclic) bond motifs is 4. The van der Waals surface area contributed by atoms with Gasteiger partial charge in [0.25, 0.3) is 0 Å². The maximum atomic E-state index is 13.0. The topological polar surface area (TPSA) is 126 Å². The predicted octanol–water partition coefficient (Wildman–Crippen LogP) is 5.00. The minimum absolute atomic E-state index is 0.0338. The number of unbranched alkanes of at least 4 members (excludes halogenated alkanes) is 1. The lowest BCUT2D eigenvalue weighted by Gasteiger charge is -2.15. The number of hydrogen-bond acceptors (Lipinski definition) is 5. The molecular formula is C30H28N2O6S. The summed E-state index contributed by atoms with van der Waals surface area (Å²) in [6, 6.07) is 24.2. The van der Waals surface area contributed by atoms with Gasteiger partial charge in [-0.05, 0) is 59.9 Å². The van der Waals surface area contributed by atoms with Gasteiger partial charge in [0.15, 0.2) is 0 Å². The number of benzene rings is 4. The Labute approximate surface area is 225 Å². The molecule has 8 nitrogen and oxygen atoms in total. The van der Waals surface area contributed by atoms with Crippen molar-refractivity contribution in [2.75, 3.05) is 6.54 Å². The summed E-state index contributed by atoms with van der Waals surface area (Å²) in [7, 11) is -4.09. The minimum Gasteiger partial charge on any atom is -0.480 e. The summed E-state index contributed by atoms with van der Waals surface area (Å²) in [5.41, 5.74) is 2.13. The van der Waals surface area contributed by atoms with Gasteiger partial charge in [0.1, 0.15) is 17.2 Å². The average Bonchev–Trinajstić information content (AvgIpc) is 3.30. The number of rotatable bonds is 11. The molecule has 3 N–H and O–H groups in total. The van der Waals surface area contributed by atoms with E-state index in [4.69, 9.17) is 4.42 Å². The van der Waals surface area contributed by atoms with Crippen LogP contribution in [0.25, 0.3) is 32.7 Å². The van der Waals surface area contributed by atoms with Crippen molar-refractivity contribution in [2.24, 2.45) is 0 Å². The molecular weight excluding hydrogens is 516 g/mol. The highest BCUT2D eigenvalue weighted by molar-refractivity contribution is 7.89. The summed E-state index contributed by atoms with van der Waals surface area (Å²) < 4.78 is 34.1. The highest BCUT2D eigenvalue weighted by Gasteiger charge is 2.25. The number of aliphatic carboxylic acids is 1. The van der Waals surface area contributed by atoms with Crippen LogP contribution >= 0.6 is 0 Å². The van der Waals surface area contributed by atoms with Gasteiger partial charge in [-0.3, -0.25) is 9.59 Å². The van der Waals surface area contributed by atoms with E-state index in [2.05, 4.69) is 10.0 Å². The van der Waals surface area contributed by atoms with Crippen LogP contribution in [0.15, 0.2) is 94.2 Å². The molecule has 39 heavy (non-hydrogen) atoms. The molecule has 1 unspecified atom stereocenters. The Kier molecular flexibility index (Phi) is 7.63. The Hall–Kier alpha value is -4.21. The first kappa shape index (κ1) is 26.4. The van der Waals surface area contributed by atoms with Crippen molar-refractivity contribution in [3.63, 3.8) is 0 Å². The fraction of sp³-hybridized carbons (Fsp3) is 0.200. The molecule has 1 heterocycles. The van der Waals surface area contributed by atoms with E-state index in [-0.39, 0.29) is 23.6 Å². The van der Waals surface area contributed by atoms with E-state index in [1.165, 1.54) is 12.1 Å². The van der Waals surface area contributed by atoms with Gasteiger partial charge in [-0.25, -0.2) is 8.42 Å². The zero-order valence-electron chi connectivity index (χ0n) is 21.1. The summed E-state index contributed by atoms with van der Waals surface area (Å²) >= 11 is 0. The van der Waals surface area contributed by atoms with Crippen LogP contribution in [0.3, 0.4) is 0 Å². The van der Waals surface area contributed by atoms with Crippen molar-refractivity contribution in [2.45, 2.75) is 36.6 Å². The first-order valence-corrected chi connectivity index (χ1v) is 14.2. The molecule has 9 heteroatoms. The Balaban J connectivity index is 1.15. The molecule has 0 aliphatic heterocycles. The minimum atomic E-state index is -4.09. The Morgan fingerprint density at radius 1 is 0.821 bits per heavy atom. The molecule has 1 aromatic heterocycles. The zero-order chi connectivity index (χ0) is 27.4. The standard InChI is InChI=1S/C30H28N2O6S/c33-29(18-21-10-7-9-20-8-1-2-11-23(20)21)31-17-6-5-13-26(30(34)35)32-39(36,37)22-15-16-28-25(19-22)24-12-3-4-14-27(24)38-28/h1-4,7-12,14-16,19,26,32H,5-6,13,17-18H2,(H,31,33)(H,34,35). The second-order valence-electron chi connectivity index (χ2n) is 9.43. The number of nitrogens with one attached hydrogen (secondary N) is 2. The number of carboxylic acids is 1. The fourth-order valence-electron chi connectivity index (χ4n) is 4.74. The summed E-state index contributed by atoms with van der Waals surface area (Å²) in [6.45, 7) is 0.368. The number of sulfonamides is 1. The third-order valence-corrected chi connectivity index (χ3v) is 8.20. The molecule has 0 aliphatic rings. The van der Waals surface area contributed by atoms with E-state index in [0.717, 1.165) is 21.7 Å². The molecule has 0 saturated heterocycles. The number of carbonyl (C=O) groups is 2. The van der Waals surface area contributed by atoms with Crippen LogP contribution in [0.5, 0.6) is 0 Å². The summed E-state index contributed by atoms with van der Waals surface area (Å²) in [4.78, 5) is 24.2. The largest absolute Gasteiger partial charge is 0.480 e. The third kappa shape index (κ3) is 5.94. The summed E-state index contributed by atoms with van der Waals surface area (Å²) in [5.74, 6) is -1.38. The highest BCUT2D eigenvalue weighted by Crippen LogP contribution is 2.30. The molecule has 0 bridgehead atoms. The molecule has 0 radical (unpaired) electrons. The second kappa shape index (κ2) is 11.3. The van der Waals surface area contributed by atoms with E-state index < -0.39 is 22.0 Å². The van der Waals surface area contributed by atoms with E-state index in [1.807, 2.05) is 60.7 Å². The number of carbonyl (C=O) groups excluding carboxylic acids is 1. The molecule has 5 aromatic rings. The van der Waals surface area contributed by atoms with Gasteiger partial charge in [-0.15, -0.1) is 0 Å². The molecule has 1 amide bonds. The molecule has 200 valence electrons. The first-order chi connectivity index (χ1) is 18.8. The van der Waals surface area contributed by atoms with Crippen LogP contribution in [0.4, 0.5) is 0 Å². The number of carboxylic acid groups (broad SMARTS) is 1. The number of hydrogen-bond donors (Lipinski definition) is 3. The maximum absolute atomic E-state index is 13.0. The van der Waals surface area contributed by atoms with Crippen LogP contribution < -0.4 is 10.0 Å². The fourth-order valence-corrected chi connectivity index (χ4v) is 5.99. The van der Waals surface area contributed by atoms with Crippen LogP contribution in [0.2, 0.25) is 0 Å². The van der Waals surface area contributed by atoms with Gasteiger partial charge in [-0.2, -0.15) is 4.72 Å². The lowest BCUT2D eigenvalue weighted by Crippen LogP contribution is -2.40. The Bertz CT molecular complexity index is 1770. The van der Waals surface area contributed by atoms with Crippen LogP contribution in [0, 0.1) is 0 Å². The van der Waals surface area contributed by atoms with Gasteiger partial charge >= 0.3 is 5.97 Å². The second-order valence-corrected chi connectivity index (χ2v) is 11.1. The highest BCUT2D eigenvalue weighted by atomic mass is 32.2.